The first-order valence-corrected chi connectivity index (χ1v) is 5.96. The van der Waals surface area contributed by atoms with Crippen molar-refractivity contribution in [1.29, 1.82) is 0 Å². The topological polar surface area (TPSA) is 63.2 Å². The number of methoxy groups -OCH3 is 3. The van der Waals surface area contributed by atoms with Gasteiger partial charge in [-0.25, -0.2) is 4.79 Å². The predicted octanol–water partition coefficient (Wildman–Crippen LogP) is 2.17. The molecule has 0 aliphatic heterocycles. The lowest BCUT2D eigenvalue weighted by Gasteiger charge is -2.14. The van der Waals surface area contributed by atoms with Crippen molar-refractivity contribution < 1.29 is 28.5 Å². The number of benzene rings is 1. The molecule has 1 aromatic rings. The molecule has 0 atom stereocenters. The fourth-order valence-electron chi connectivity index (χ4n) is 1.50. The minimum Gasteiger partial charge on any atom is -0.501 e. The van der Waals surface area contributed by atoms with E-state index in [1.54, 1.807) is 12.1 Å². The smallest absolute Gasteiger partial charge is 0.339 e. The number of ether oxygens (including phenoxy) is 5. The van der Waals surface area contributed by atoms with E-state index in [4.69, 9.17) is 23.7 Å². The molecule has 6 nitrogen and oxygen atoms in total. The Labute approximate surface area is 117 Å². The van der Waals surface area contributed by atoms with Gasteiger partial charge in [0, 0.05) is 0 Å². The predicted molar refractivity (Wildman–Crippen MR) is 72.5 cm³/mol. The van der Waals surface area contributed by atoms with Crippen molar-refractivity contribution in [2.24, 2.45) is 0 Å². The summed E-state index contributed by atoms with van der Waals surface area (Å²) in [6.07, 6.45) is 2.45. The van der Waals surface area contributed by atoms with Crippen molar-refractivity contribution in [3.05, 3.63) is 24.5 Å². The third kappa shape index (κ3) is 3.81. The van der Waals surface area contributed by atoms with Crippen molar-refractivity contribution in [2.75, 3.05) is 27.9 Å². The van der Waals surface area contributed by atoms with Crippen LogP contribution in [-0.4, -0.2) is 33.9 Å². The monoisotopic (exact) mass is 282 g/mol. The van der Waals surface area contributed by atoms with Crippen LogP contribution in [0.25, 0.3) is 0 Å². The molecule has 0 bridgehead atoms. The summed E-state index contributed by atoms with van der Waals surface area (Å²) in [5.41, 5.74) is 0. The summed E-state index contributed by atoms with van der Waals surface area (Å²) in [7, 11) is 4.43. The van der Waals surface area contributed by atoms with Crippen LogP contribution in [0.15, 0.2) is 24.5 Å². The van der Waals surface area contributed by atoms with Gasteiger partial charge in [-0.2, -0.15) is 0 Å². The third-order valence-corrected chi connectivity index (χ3v) is 2.35. The van der Waals surface area contributed by atoms with Crippen LogP contribution in [0, 0.1) is 0 Å². The number of esters is 1. The molecule has 0 radical (unpaired) electrons. The molecule has 0 aromatic heterocycles. The summed E-state index contributed by atoms with van der Waals surface area (Å²) in [5, 5.41) is 0. The first-order valence-electron chi connectivity index (χ1n) is 5.96. The molecule has 20 heavy (non-hydrogen) atoms. The van der Waals surface area contributed by atoms with E-state index >= 15 is 0 Å². The minimum atomic E-state index is -0.580. The van der Waals surface area contributed by atoms with Gasteiger partial charge in [0.05, 0.1) is 40.3 Å². The lowest BCUT2D eigenvalue weighted by molar-refractivity contribution is -0.129. The first kappa shape index (κ1) is 15.7. The Balaban J connectivity index is 2.98. The van der Waals surface area contributed by atoms with Crippen LogP contribution in [0.5, 0.6) is 23.0 Å². The largest absolute Gasteiger partial charge is 0.501 e. The molecular formula is C14H18O6. The van der Waals surface area contributed by atoms with Crippen LogP contribution in [0.2, 0.25) is 0 Å². The van der Waals surface area contributed by atoms with E-state index in [-0.39, 0.29) is 11.5 Å². The fourth-order valence-corrected chi connectivity index (χ4v) is 1.50. The van der Waals surface area contributed by atoms with E-state index in [2.05, 4.69) is 0 Å². The second-order valence-corrected chi connectivity index (χ2v) is 3.51. The number of hydrogen-bond acceptors (Lipinski definition) is 6. The summed E-state index contributed by atoms with van der Waals surface area (Å²) in [6.45, 7) is 2.29. The van der Waals surface area contributed by atoms with Crippen LogP contribution >= 0.6 is 0 Å². The molecule has 0 saturated heterocycles. The van der Waals surface area contributed by atoms with Crippen LogP contribution in [0.3, 0.4) is 0 Å². The number of rotatable bonds is 7. The van der Waals surface area contributed by atoms with Crippen molar-refractivity contribution in [3.63, 3.8) is 0 Å². The second kappa shape index (κ2) is 7.93. The molecule has 0 fully saturated rings. The van der Waals surface area contributed by atoms with E-state index in [0.29, 0.717) is 18.1 Å². The Kier molecular flexibility index (Phi) is 6.22. The Morgan fingerprint density at radius 2 is 1.65 bits per heavy atom. The van der Waals surface area contributed by atoms with E-state index < -0.39 is 5.97 Å². The normalized spacial score (nSPS) is 10.2. The van der Waals surface area contributed by atoms with Gasteiger partial charge in [0.2, 0.25) is 11.5 Å². The number of carbonyl (C=O) groups excluding carboxylic acids is 1. The van der Waals surface area contributed by atoms with Crippen molar-refractivity contribution in [3.8, 4) is 23.0 Å². The maximum Gasteiger partial charge on any atom is 0.339 e. The molecule has 1 aromatic carbocycles. The summed E-state index contributed by atoms with van der Waals surface area (Å²) in [4.78, 5) is 11.6. The lowest BCUT2D eigenvalue weighted by atomic mass is 10.2. The van der Waals surface area contributed by atoms with Crippen molar-refractivity contribution in [1.82, 2.24) is 0 Å². The zero-order valence-corrected chi connectivity index (χ0v) is 12.0. The van der Waals surface area contributed by atoms with Gasteiger partial charge in [-0.3, -0.25) is 0 Å². The SMILES string of the molecule is CCO/C=C/C(=O)Oc1ccc(OC)c(OC)c1OC. The molecule has 0 unspecified atom stereocenters. The van der Waals surface area contributed by atoms with Gasteiger partial charge >= 0.3 is 5.97 Å². The Bertz CT molecular complexity index is 481. The highest BCUT2D eigenvalue weighted by Crippen LogP contribution is 2.43. The lowest BCUT2D eigenvalue weighted by Crippen LogP contribution is -2.06. The van der Waals surface area contributed by atoms with Crippen LogP contribution in [0.1, 0.15) is 6.92 Å². The number of hydrogen-bond donors (Lipinski definition) is 0. The van der Waals surface area contributed by atoms with E-state index in [1.807, 2.05) is 6.92 Å². The second-order valence-electron chi connectivity index (χ2n) is 3.51. The van der Waals surface area contributed by atoms with Gasteiger partial charge in [-0.15, -0.1) is 0 Å². The zero-order valence-electron chi connectivity index (χ0n) is 12.0. The third-order valence-electron chi connectivity index (χ3n) is 2.35. The van der Waals surface area contributed by atoms with Gasteiger partial charge in [0.25, 0.3) is 0 Å². The zero-order chi connectivity index (χ0) is 15.0. The average molecular weight is 282 g/mol. The highest BCUT2D eigenvalue weighted by molar-refractivity contribution is 5.84. The summed E-state index contributed by atoms with van der Waals surface area (Å²) >= 11 is 0. The Morgan fingerprint density at radius 3 is 2.20 bits per heavy atom. The van der Waals surface area contributed by atoms with Crippen LogP contribution < -0.4 is 18.9 Å². The fraction of sp³-hybridized carbons (Fsp3) is 0.357. The van der Waals surface area contributed by atoms with Crippen molar-refractivity contribution in [2.45, 2.75) is 6.92 Å². The highest BCUT2D eigenvalue weighted by atomic mass is 16.6. The highest BCUT2D eigenvalue weighted by Gasteiger charge is 2.18. The molecule has 0 saturated carbocycles. The van der Waals surface area contributed by atoms with E-state index in [0.717, 1.165) is 0 Å². The summed E-state index contributed by atoms with van der Waals surface area (Å²) < 4.78 is 25.6. The van der Waals surface area contributed by atoms with E-state index in [9.17, 15) is 4.79 Å². The Hall–Kier alpha value is -2.37. The average Bonchev–Trinajstić information content (AvgIpc) is 2.46. The van der Waals surface area contributed by atoms with Gasteiger partial charge in [0.1, 0.15) is 0 Å². The molecule has 0 aliphatic carbocycles. The molecule has 1 rings (SSSR count). The molecule has 0 spiro atoms. The van der Waals surface area contributed by atoms with E-state index in [1.165, 1.54) is 33.7 Å². The quantitative estimate of drug-likeness (QED) is 0.330. The molecule has 0 heterocycles. The van der Waals surface area contributed by atoms with Gasteiger partial charge < -0.3 is 23.7 Å². The standard InChI is InChI=1S/C14H18O6/c1-5-19-9-8-12(15)20-11-7-6-10(16-2)13(17-3)14(11)18-4/h6-9H,5H2,1-4H3/b9-8+. The van der Waals surface area contributed by atoms with Gasteiger partial charge in [-0.05, 0) is 19.1 Å². The molecule has 0 amide bonds. The molecule has 0 aliphatic rings. The minimum absolute atomic E-state index is 0.233. The number of carbonyl (C=O) groups is 1. The van der Waals surface area contributed by atoms with Gasteiger partial charge in [-0.1, -0.05) is 0 Å². The van der Waals surface area contributed by atoms with Crippen molar-refractivity contribution >= 4 is 5.97 Å². The molecule has 0 N–H and O–H groups in total. The van der Waals surface area contributed by atoms with Crippen LogP contribution in [0.4, 0.5) is 0 Å². The maximum absolute atomic E-state index is 11.6. The summed E-state index contributed by atoms with van der Waals surface area (Å²) in [5.74, 6) is 0.772. The maximum atomic E-state index is 11.6. The Morgan fingerprint density at radius 1 is 1.05 bits per heavy atom. The first-order chi connectivity index (χ1) is 9.67. The molecular weight excluding hydrogens is 264 g/mol. The molecule has 110 valence electrons. The van der Waals surface area contributed by atoms with Gasteiger partial charge in [0.15, 0.2) is 11.5 Å². The molecule has 6 heteroatoms. The summed E-state index contributed by atoms with van der Waals surface area (Å²) in [6, 6.07) is 3.18. The van der Waals surface area contributed by atoms with Crippen LogP contribution in [-0.2, 0) is 9.53 Å².